The zero-order chi connectivity index (χ0) is 18.1. The number of carbonyl (C=O) groups is 2. The van der Waals surface area contributed by atoms with Crippen LogP contribution in [-0.4, -0.2) is 36.5 Å². The molecule has 0 radical (unpaired) electrons. The molecule has 2 amide bonds. The molecule has 0 aliphatic carbocycles. The number of benzene rings is 2. The lowest BCUT2D eigenvalue weighted by Crippen LogP contribution is -2.50. The number of pyridine rings is 1. The molecule has 0 saturated carbocycles. The Labute approximate surface area is 150 Å². The number of fused-ring (bicyclic) bond motifs is 2. The quantitative estimate of drug-likeness (QED) is 0.773. The molecule has 0 saturated heterocycles. The molecular formula is C20H17N3O3. The number of aromatic nitrogens is 1. The fraction of sp³-hybridized carbons (Fsp3) is 0.150. The standard InChI is InChI=1S/C20H17N3O3/c1-21-19(24)18-12-23(16-8-4-5-9-17(16)26-18)20(25)15-11-10-13-6-2-3-7-14(13)22-15/h2-11,18H,12H2,1H3,(H,21,24)/t18-/m0/s1. The van der Waals surface area contributed by atoms with Gasteiger partial charge in [0, 0.05) is 12.4 Å². The number of rotatable bonds is 2. The molecule has 2 aromatic carbocycles. The van der Waals surface area contributed by atoms with Gasteiger partial charge in [-0.15, -0.1) is 0 Å². The average Bonchev–Trinajstić information content (AvgIpc) is 2.71. The number of nitrogens with zero attached hydrogens (tertiary/aromatic N) is 2. The number of likely N-dealkylation sites (N-methyl/N-ethyl adjacent to an activating group) is 1. The summed E-state index contributed by atoms with van der Waals surface area (Å²) in [5.74, 6) is -0.0364. The van der Waals surface area contributed by atoms with E-state index in [1.807, 2.05) is 42.5 Å². The number of carbonyl (C=O) groups excluding carboxylic acids is 2. The van der Waals surface area contributed by atoms with Gasteiger partial charge in [-0.3, -0.25) is 14.5 Å². The fourth-order valence-corrected chi connectivity index (χ4v) is 3.05. The average molecular weight is 347 g/mol. The molecule has 1 N–H and O–H groups in total. The van der Waals surface area contributed by atoms with E-state index in [2.05, 4.69) is 10.3 Å². The molecule has 0 spiro atoms. The molecule has 4 rings (SSSR count). The Kier molecular flexibility index (Phi) is 4.01. The number of hydrogen-bond donors (Lipinski definition) is 1. The van der Waals surface area contributed by atoms with Gasteiger partial charge in [-0.25, -0.2) is 4.98 Å². The summed E-state index contributed by atoms with van der Waals surface area (Å²) in [6.07, 6.45) is -0.765. The van der Waals surface area contributed by atoms with E-state index >= 15 is 0 Å². The molecule has 130 valence electrons. The predicted octanol–water partition coefficient (Wildman–Crippen LogP) is 2.39. The van der Waals surface area contributed by atoms with Gasteiger partial charge >= 0.3 is 0 Å². The number of amides is 2. The van der Waals surface area contributed by atoms with E-state index in [0.717, 1.165) is 10.9 Å². The summed E-state index contributed by atoms with van der Waals surface area (Å²) in [6, 6.07) is 18.4. The van der Waals surface area contributed by atoms with Crippen LogP contribution >= 0.6 is 0 Å². The second kappa shape index (κ2) is 6.48. The highest BCUT2D eigenvalue weighted by molar-refractivity contribution is 6.07. The van der Waals surface area contributed by atoms with Crippen LogP contribution in [0.5, 0.6) is 5.75 Å². The van der Waals surface area contributed by atoms with Crippen LogP contribution in [0.1, 0.15) is 10.5 Å². The first kappa shape index (κ1) is 16.1. The molecule has 1 aliphatic rings. The zero-order valence-electron chi connectivity index (χ0n) is 14.2. The summed E-state index contributed by atoms with van der Waals surface area (Å²) < 4.78 is 5.74. The topological polar surface area (TPSA) is 71.5 Å². The van der Waals surface area contributed by atoms with Gasteiger partial charge in [0.2, 0.25) is 0 Å². The number of hydrogen-bond acceptors (Lipinski definition) is 4. The van der Waals surface area contributed by atoms with E-state index in [1.165, 1.54) is 0 Å². The molecule has 1 atom stereocenters. The van der Waals surface area contributed by atoms with E-state index < -0.39 is 6.10 Å². The van der Waals surface area contributed by atoms with Gasteiger partial charge in [-0.2, -0.15) is 0 Å². The SMILES string of the molecule is CNC(=O)[C@@H]1CN(C(=O)c2ccc3ccccc3n2)c2ccccc2O1. The molecule has 3 aromatic rings. The third-order valence-electron chi connectivity index (χ3n) is 4.38. The second-order valence-electron chi connectivity index (χ2n) is 5.99. The zero-order valence-corrected chi connectivity index (χ0v) is 14.2. The van der Waals surface area contributed by atoms with Crippen molar-refractivity contribution in [1.82, 2.24) is 10.3 Å². The molecule has 6 nitrogen and oxygen atoms in total. The van der Waals surface area contributed by atoms with Crippen LogP contribution in [0.15, 0.2) is 60.7 Å². The van der Waals surface area contributed by atoms with Crippen LogP contribution in [0.4, 0.5) is 5.69 Å². The maximum Gasteiger partial charge on any atom is 0.277 e. The predicted molar refractivity (Wildman–Crippen MR) is 98.3 cm³/mol. The highest BCUT2D eigenvalue weighted by Gasteiger charge is 2.34. The number of nitrogens with one attached hydrogen (secondary N) is 1. The Bertz CT molecular complexity index is 1000. The van der Waals surface area contributed by atoms with Crippen molar-refractivity contribution in [1.29, 1.82) is 0 Å². The molecule has 0 bridgehead atoms. The molecule has 1 aliphatic heterocycles. The lowest BCUT2D eigenvalue weighted by molar-refractivity contribution is -0.127. The minimum absolute atomic E-state index is 0.129. The van der Waals surface area contributed by atoms with Crippen molar-refractivity contribution in [3.63, 3.8) is 0 Å². The third-order valence-corrected chi connectivity index (χ3v) is 4.38. The Balaban J connectivity index is 1.74. The van der Waals surface area contributed by atoms with Gasteiger partial charge in [-0.05, 0) is 24.3 Å². The van der Waals surface area contributed by atoms with Crippen molar-refractivity contribution in [2.75, 3.05) is 18.5 Å². The van der Waals surface area contributed by atoms with Crippen LogP contribution in [0.3, 0.4) is 0 Å². The first-order chi connectivity index (χ1) is 12.7. The van der Waals surface area contributed by atoms with Gasteiger partial charge in [-0.1, -0.05) is 36.4 Å². The van der Waals surface area contributed by atoms with Crippen LogP contribution < -0.4 is 15.0 Å². The van der Waals surface area contributed by atoms with Crippen molar-refractivity contribution >= 4 is 28.4 Å². The summed E-state index contributed by atoms with van der Waals surface area (Å²) in [5, 5.41) is 3.54. The minimum atomic E-state index is -0.765. The number of para-hydroxylation sites is 3. The Morgan fingerprint density at radius 2 is 1.85 bits per heavy atom. The van der Waals surface area contributed by atoms with Crippen LogP contribution in [0, 0.1) is 0 Å². The summed E-state index contributed by atoms with van der Waals surface area (Å²) in [4.78, 5) is 31.2. The molecule has 2 heterocycles. The van der Waals surface area contributed by atoms with E-state index in [1.54, 1.807) is 30.1 Å². The van der Waals surface area contributed by atoms with Gasteiger partial charge in [0.25, 0.3) is 11.8 Å². The highest BCUT2D eigenvalue weighted by atomic mass is 16.5. The van der Waals surface area contributed by atoms with Crippen molar-refractivity contribution in [3.05, 3.63) is 66.4 Å². The van der Waals surface area contributed by atoms with Crippen LogP contribution in [0.2, 0.25) is 0 Å². The lowest BCUT2D eigenvalue weighted by Gasteiger charge is -2.33. The van der Waals surface area contributed by atoms with Crippen molar-refractivity contribution < 1.29 is 14.3 Å². The number of ether oxygens (including phenoxy) is 1. The molecule has 6 heteroatoms. The van der Waals surface area contributed by atoms with Crippen molar-refractivity contribution in [2.45, 2.75) is 6.10 Å². The van der Waals surface area contributed by atoms with Crippen LogP contribution in [0.25, 0.3) is 10.9 Å². The van der Waals surface area contributed by atoms with Gasteiger partial charge < -0.3 is 10.1 Å². The lowest BCUT2D eigenvalue weighted by atomic mass is 10.1. The number of anilines is 1. The first-order valence-corrected chi connectivity index (χ1v) is 8.32. The van der Waals surface area contributed by atoms with E-state index in [9.17, 15) is 9.59 Å². The maximum absolute atomic E-state index is 13.1. The fourth-order valence-electron chi connectivity index (χ4n) is 3.05. The Morgan fingerprint density at radius 1 is 1.08 bits per heavy atom. The largest absolute Gasteiger partial charge is 0.477 e. The first-order valence-electron chi connectivity index (χ1n) is 8.32. The molecule has 0 fully saturated rings. The van der Waals surface area contributed by atoms with Crippen molar-refractivity contribution in [3.8, 4) is 5.75 Å². The molecule has 0 unspecified atom stereocenters. The third kappa shape index (κ3) is 2.75. The Hall–Kier alpha value is -3.41. The molecule has 26 heavy (non-hydrogen) atoms. The van der Waals surface area contributed by atoms with Gasteiger partial charge in [0.05, 0.1) is 17.7 Å². The van der Waals surface area contributed by atoms with Gasteiger partial charge in [0.1, 0.15) is 11.4 Å². The van der Waals surface area contributed by atoms with Crippen molar-refractivity contribution in [2.24, 2.45) is 0 Å². The maximum atomic E-state index is 13.1. The Morgan fingerprint density at radius 3 is 2.69 bits per heavy atom. The second-order valence-corrected chi connectivity index (χ2v) is 5.99. The summed E-state index contributed by atoms with van der Waals surface area (Å²) in [7, 11) is 1.54. The van der Waals surface area contributed by atoms with E-state index in [-0.39, 0.29) is 18.4 Å². The minimum Gasteiger partial charge on any atom is -0.477 e. The molecular weight excluding hydrogens is 330 g/mol. The summed E-state index contributed by atoms with van der Waals surface area (Å²) in [6.45, 7) is 0.129. The summed E-state index contributed by atoms with van der Waals surface area (Å²) in [5.41, 5.74) is 1.71. The smallest absolute Gasteiger partial charge is 0.277 e. The molecule has 1 aromatic heterocycles. The highest BCUT2D eigenvalue weighted by Crippen LogP contribution is 2.34. The summed E-state index contributed by atoms with van der Waals surface area (Å²) >= 11 is 0. The van der Waals surface area contributed by atoms with Crippen LogP contribution in [-0.2, 0) is 4.79 Å². The normalized spacial score (nSPS) is 15.9. The van der Waals surface area contributed by atoms with E-state index in [0.29, 0.717) is 17.1 Å². The monoisotopic (exact) mass is 347 g/mol. The van der Waals surface area contributed by atoms with Gasteiger partial charge in [0.15, 0.2) is 6.10 Å². The van der Waals surface area contributed by atoms with E-state index in [4.69, 9.17) is 4.74 Å².